The third-order valence-electron chi connectivity index (χ3n) is 3.67. The van der Waals surface area contributed by atoms with E-state index in [1.165, 1.54) is 30.2 Å². The van der Waals surface area contributed by atoms with Crippen molar-refractivity contribution in [3.63, 3.8) is 0 Å². The highest BCUT2D eigenvalue weighted by molar-refractivity contribution is 8.03. The molecule has 1 amide bonds. The molecule has 0 aromatic carbocycles. The van der Waals surface area contributed by atoms with E-state index in [9.17, 15) is 4.79 Å². The first kappa shape index (κ1) is 18.2. The van der Waals surface area contributed by atoms with Crippen LogP contribution in [0, 0.1) is 0 Å². The predicted octanol–water partition coefficient (Wildman–Crippen LogP) is 4.78. The Labute approximate surface area is 159 Å². The standard InChI is InChI=1S/C16H21N3OS4/c1-2-3-7-22-15-17-18-16(24-15)23-11-14(20)19(13-4-5-13)9-12-6-8-21-10-12/h6,8,10,13H,2-5,7,9,11H2,1H3. The molecule has 2 aromatic rings. The van der Waals surface area contributed by atoms with Gasteiger partial charge >= 0.3 is 0 Å². The maximum Gasteiger partial charge on any atom is 0.233 e. The zero-order valence-electron chi connectivity index (χ0n) is 13.6. The van der Waals surface area contributed by atoms with Crippen molar-refractivity contribution in [2.24, 2.45) is 0 Å². The lowest BCUT2D eigenvalue weighted by Crippen LogP contribution is -2.33. The molecule has 1 fully saturated rings. The number of hydrogen-bond acceptors (Lipinski definition) is 7. The van der Waals surface area contributed by atoms with E-state index < -0.39 is 0 Å². The zero-order valence-corrected chi connectivity index (χ0v) is 16.9. The SMILES string of the molecule is CCCCSc1nnc(SCC(=O)N(Cc2ccsc2)C2CC2)s1. The van der Waals surface area contributed by atoms with Gasteiger partial charge in [0.15, 0.2) is 8.68 Å². The molecule has 4 nitrogen and oxygen atoms in total. The number of carbonyl (C=O) groups excluding carboxylic acids is 1. The van der Waals surface area contributed by atoms with E-state index in [0.29, 0.717) is 11.8 Å². The molecule has 0 radical (unpaired) electrons. The fraction of sp³-hybridized carbons (Fsp3) is 0.562. The summed E-state index contributed by atoms with van der Waals surface area (Å²) in [6.45, 7) is 2.93. The van der Waals surface area contributed by atoms with Crippen LogP contribution in [0.2, 0.25) is 0 Å². The Hall–Kier alpha value is -0.570. The molecule has 0 saturated heterocycles. The second kappa shape index (κ2) is 9.22. The van der Waals surface area contributed by atoms with Crippen molar-refractivity contribution in [2.45, 2.75) is 53.9 Å². The zero-order chi connectivity index (χ0) is 16.8. The number of rotatable bonds is 10. The lowest BCUT2D eigenvalue weighted by atomic mass is 10.3. The van der Waals surface area contributed by atoms with Crippen molar-refractivity contribution in [2.75, 3.05) is 11.5 Å². The maximum absolute atomic E-state index is 12.6. The van der Waals surface area contributed by atoms with Gasteiger partial charge in [-0.2, -0.15) is 11.3 Å². The number of carbonyl (C=O) groups is 1. The van der Waals surface area contributed by atoms with Crippen molar-refractivity contribution >= 4 is 52.1 Å². The van der Waals surface area contributed by atoms with Gasteiger partial charge in [0, 0.05) is 18.3 Å². The Morgan fingerprint density at radius 3 is 2.79 bits per heavy atom. The van der Waals surface area contributed by atoms with Gasteiger partial charge in [-0.25, -0.2) is 0 Å². The smallest absolute Gasteiger partial charge is 0.233 e. The van der Waals surface area contributed by atoms with Gasteiger partial charge in [-0.1, -0.05) is 48.2 Å². The summed E-state index contributed by atoms with van der Waals surface area (Å²) in [4.78, 5) is 14.6. The summed E-state index contributed by atoms with van der Waals surface area (Å²) in [6, 6.07) is 2.54. The van der Waals surface area contributed by atoms with Crippen LogP contribution in [0.3, 0.4) is 0 Å². The molecule has 1 saturated carbocycles. The molecule has 0 atom stereocenters. The molecule has 8 heteroatoms. The fourth-order valence-electron chi connectivity index (χ4n) is 2.21. The average molecular weight is 400 g/mol. The van der Waals surface area contributed by atoms with Crippen molar-refractivity contribution in [1.29, 1.82) is 0 Å². The second-order valence-corrected chi connectivity index (χ2v) is 10.0. The first-order valence-corrected chi connectivity index (χ1v) is 11.9. The van der Waals surface area contributed by atoms with Crippen LogP contribution in [0.15, 0.2) is 25.5 Å². The third-order valence-corrected chi connectivity index (χ3v) is 7.66. The van der Waals surface area contributed by atoms with Gasteiger partial charge in [-0.05, 0) is 41.7 Å². The molecule has 1 aliphatic rings. The summed E-state index contributed by atoms with van der Waals surface area (Å²) in [5, 5.41) is 12.6. The number of aromatic nitrogens is 2. The van der Waals surface area contributed by atoms with E-state index >= 15 is 0 Å². The number of thioether (sulfide) groups is 2. The lowest BCUT2D eigenvalue weighted by molar-refractivity contribution is -0.129. The molecule has 0 aliphatic heterocycles. The summed E-state index contributed by atoms with van der Waals surface area (Å²) in [5.41, 5.74) is 1.23. The van der Waals surface area contributed by atoms with E-state index in [0.717, 1.165) is 33.8 Å². The molecule has 0 N–H and O–H groups in total. The van der Waals surface area contributed by atoms with Gasteiger partial charge in [0.05, 0.1) is 5.75 Å². The molecule has 0 spiro atoms. The largest absolute Gasteiger partial charge is 0.335 e. The Bertz CT molecular complexity index is 640. The van der Waals surface area contributed by atoms with Crippen LogP contribution in [0.25, 0.3) is 0 Å². The fourth-order valence-corrected chi connectivity index (χ4v) is 5.93. The molecule has 1 aliphatic carbocycles. The molecular weight excluding hydrogens is 378 g/mol. The van der Waals surface area contributed by atoms with Gasteiger partial charge in [0.2, 0.25) is 5.91 Å². The van der Waals surface area contributed by atoms with Crippen molar-refractivity contribution in [3.8, 4) is 0 Å². The molecule has 0 unspecified atom stereocenters. The number of thiophene rings is 1. The molecule has 24 heavy (non-hydrogen) atoms. The second-order valence-electron chi connectivity index (χ2n) is 5.71. The van der Waals surface area contributed by atoms with Crippen molar-refractivity contribution < 1.29 is 4.79 Å². The van der Waals surface area contributed by atoms with Gasteiger partial charge in [-0.3, -0.25) is 4.79 Å². The van der Waals surface area contributed by atoms with Gasteiger partial charge in [0.25, 0.3) is 0 Å². The summed E-state index contributed by atoms with van der Waals surface area (Å²) < 4.78 is 1.91. The number of amides is 1. The van der Waals surface area contributed by atoms with E-state index in [2.05, 4.69) is 33.9 Å². The highest BCUT2D eigenvalue weighted by Crippen LogP contribution is 2.32. The molecular formula is C16H21N3OS4. The Morgan fingerprint density at radius 2 is 2.12 bits per heavy atom. The van der Waals surface area contributed by atoms with Gasteiger partial charge in [0.1, 0.15) is 0 Å². The first-order valence-electron chi connectivity index (χ1n) is 8.16. The molecule has 0 bridgehead atoms. The van der Waals surface area contributed by atoms with Gasteiger partial charge < -0.3 is 4.90 Å². The van der Waals surface area contributed by atoms with Crippen LogP contribution in [-0.4, -0.2) is 38.6 Å². The Morgan fingerprint density at radius 1 is 1.33 bits per heavy atom. The summed E-state index contributed by atoms with van der Waals surface area (Å²) in [6.07, 6.45) is 4.67. The van der Waals surface area contributed by atoms with E-state index in [1.807, 2.05) is 4.90 Å². The minimum atomic E-state index is 0.212. The number of hydrogen-bond donors (Lipinski definition) is 0. The van der Waals surface area contributed by atoms with E-state index in [4.69, 9.17) is 0 Å². The minimum absolute atomic E-state index is 0.212. The first-order chi connectivity index (χ1) is 11.8. The Kier molecular flexibility index (Phi) is 7.00. The van der Waals surface area contributed by atoms with Crippen LogP contribution in [-0.2, 0) is 11.3 Å². The topological polar surface area (TPSA) is 46.1 Å². The quantitative estimate of drug-likeness (QED) is 0.425. The monoisotopic (exact) mass is 399 g/mol. The van der Waals surface area contributed by atoms with E-state index in [-0.39, 0.29) is 5.91 Å². The average Bonchev–Trinajstić information content (AvgIpc) is 3.10. The van der Waals surface area contributed by atoms with Crippen LogP contribution in [0.1, 0.15) is 38.2 Å². The highest BCUT2D eigenvalue weighted by atomic mass is 32.2. The number of nitrogens with zero attached hydrogens (tertiary/aromatic N) is 3. The van der Waals surface area contributed by atoms with E-state index in [1.54, 1.807) is 34.4 Å². The maximum atomic E-state index is 12.6. The minimum Gasteiger partial charge on any atom is -0.335 e. The van der Waals surface area contributed by atoms with Crippen LogP contribution in [0.4, 0.5) is 0 Å². The normalized spacial score (nSPS) is 14.0. The summed E-state index contributed by atoms with van der Waals surface area (Å²) in [7, 11) is 0. The van der Waals surface area contributed by atoms with Gasteiger partial charge in [-0.15, -0.1) is 10.2 Å². The molecule has 2 aromatic heterocycles. The van der Waals surface area contributed by atoms with Crippen molar-refractivity contribution in [3.05, 3.63) is 22.4 Å². The third kappa shape index (κ3) is 5.47. The van der Waals surface area contributed by atoms with Crippen molar-refractivity contribution in [1.82, 2.24) is 15.1 Å². The Balaban J connectivity index is 1.48. The van der Waals surface area contributed by atoms with Crippen LogP contribution < -0.4 is 0 Å². The highest BCUT2D eigenvalue weighted by Gasteiger charge is 2.32. The van der Waals surface area contributed by atoms with Crippen LogP contribution in [0.5, 0.6) is 0 Å². The molecule has 3 rings (SSSR count). The predicted molar refractivity (Wildman–Crippen MR) is 104 cm³/mol. The molecule has 130 valence electrons. The summed E-state index contributed by atoms with van der Waals surface area (Å²) in [5.74, 6) is 1.75. The molecule has 2 heterocycles. The lowest BCUT2D eigenvalue weighted by Gasteiger charge is -2.21. The number of unbranched alkanes of at least 4 members (excludes halogenated alkanes) is 1. The van der Waals surface area contributed by atoms with Crippen LogP contribution >= 0.6 is 46.2 Å². The summed E-state index contributed by atoms with van der Waals surface area (Å²) >= 11 is 6.56.